The number of amidine groups is 1. The van der Waals surface area contributed by atoms with Crippen molar-refractivity contribution in [2.75, 3.05) is 0 Å². The van der Waals surface area contributed by atoms with Gasteiger partial charge in [-0.2, -0.15) is 0 Å². The average Bonchev–Trinajstić information content (AvgIpc) is 2.31. The first-order chi connectivity index (χ1) is 7.69. The largest absolute Gasteiger partial charge is 0.409 e. The zero-order valence-electron chi connectivity index (χ0n) is 9.68. The van der Waals surface area contributed by atoms with E-state index < -0.39 is 0 Å². The minimum absolute atomic E-state index is 0.0876. The van der Waals surface area contributed by atoms with Crippen LogP contribution in [0.25, 0.3) is 0 Å². The lowest BCUT2D eigenvalue weighted by molar-refractivity contribution is 0.317. The standard InChI is InChI=1S/C12H18N2OS/c1-3-11(12(13)14-15)16-8-10-7-5-4-6-9(10)2/h4-7,11,15H,3,8H2,1-2H3,(H2,13,14). The molecule has 1 unspecified atom stereocenters. The van der Waals surface area contributed by atoms with Crippen molar-refractivity contribution >= 4 is 17.6 Å². The molecular formula is C12H18N2OS. The van der Waals surface area contributed by atoms with Gasteiger partial charge in [0.2, 0.25) is 0 Å². The fraction of sp³-hybridized carbons (Fsp3) is 0.417. The van der Waals surface area contributed by atoms with Gasteiger partial charge in [-0.1, -0.05) is 36.3 Å². The van der Waals surface area contributed by atoms with Gasteiger partial charge in [-0.05, 0) is 24.5 Å². The maximum Gasteiger partial charge on any atom is 0.152 e. The molecule has 0 saturated heterocycles. The monoisotopic (exact) mass is 238 g/mol. The highest BCUT2D eigenvalue weighted by atomic mass is 32.2. The average molecular weight is 238 g/mol. The Morgan fingerprint density at radius 2 is 2.19 bits per heavy atom. The summed E-state index contributed by atoms with van der Waals surface area (Å²) in [6.45, 7) is 4.13. The highest BCUT2D eigenvalue weighted by molar-refractivity contribution is 7.99. The van der Waals surface area contributed by atoms with Gasteiger partial charge in [-0.3, -0.25) is 0 Å². The van der Waals surface area contributed by atoms with Gasteiger partial charge in [0.25, 0.3) is 0 Å². The van der Waals surface area contributed by atoms with E-state index in [-0.39, 0.29) is 5.25 Å². The van der Waals surface area contributed by atoms with Crippen LogP contribution in [0.2, 0.25) is 0 Å². The molecule has 0 fully saturated rings. The van der Waals surface area contributed by atoms with E-state index in [4.69, 9.17) is 10.9 Å². The van der Waals surface area contributed by atoms with Gasteiger partial charge >= 0.3 is 0 Å². The van der Waals surface area contributed by atoms with Crippen LogP contribution < -0.4 is 5.73 Å². The molecule has 0 aliphatic rings. The second-order valence-electron chi connectivity index (χ2n) is 3.66. The van der Waals surface area contributed by atoms with Crippen LogP contribution in [0.4, 0.5) is 0 Å². The summed E-state index contributed by atoms with van der Waals surface area (Å²) >= 11 is 1.71. The molecule has 0 aliphatic heterocycles. The van der Waals surface area contributed by atoms with E-state index in [0.717, 1.165) is 12.2 Å². The molecule has 1 rings (SSSR count). The number of thioether (sulfide) groups is 1. The minimum Gasteiger partial charge on any atom is -0.409 e. The Labute approximate surface area is 101 Å². The molecule has 1 aromatic carbocycles. The van der Waals surface area contributed by atoms with Crippen LogP contribution in [-0.4, -0.2) is 16.3 Å². The summed E-state index contributed by atoms with van der Waals surface area (Å²) < 4.78 is 0. The fourth-order valence-electron chi connectivity index (χ4n) is 1.44. The van der Waals surface area contributed by atoms with Gasteiger partial charge < -0.3 is 10.9 Å². The highest BCUT2D eigenvalue weighted by Crippen LogP contribution is 2.22. The van der Waals surface area contributed by atoms with E-state index in [1.807, 2.05) is 19.1 Å². The molecule has 0 radical (unpaired) electrons. The quantitative estimate of drug-likeness (QED) is 0.359. The fourth-order valence-corrected chi connectivity index (χ4v) is 2.60. The maximum atomic E-state index is 8.64. The third-order valence-corrected chi connectivity index (χ3v) is 3.97. The van der Waals surface area contributed by atoms with E-state index in [0.29, 0.717) is 5.84 Å². The van der Waals surface area contributed by atoms with Gasteiger partial charge in [0, 0.05) is 5.75 Å². The van der Waals surface area contributed by atoms with Crippen LogP contribution in [0, 0.1) is 6.92 Å². The molecule has 0 aliphatic carbocycles. The number of oxime groups is 1. The second-order valence-corrected chi connectivity index (χ2v) is 4.85. The zero-order chi connectivity index (χ0) is 12.0. The number of benzene rings is 1. The molecule has 88 valence electrons. The Hall–Kier alpha value is -1.16. The van der Waals surface area contributed by atoms with E-state index in [9.17, 15) is 0 Å². The molecule has 4 heteroatoms. The smallest absolute Gasteiger partial charge is 0.152 e. The van der Waals surface area contributed by atoms with Crippen molar-refractivity contribution in [2.45, 2.75) is 31.3 Å². The van der Waals surface area contributed by atoms with E-state index in [2.05, 4.69) is 24.2 Å². The van der Waals surface area contributed by atoms with Crippen LogP contribution >= 0.6 is 11.8 Å². The first kappa shape index (κ1) is 12.9. The third kappa shape index (κ3) is 3.45. The lowest BCUT2D eigenvalue weighted by atomic mass is 10.1. The number of aryl methyl sites for hydroxylation is 1. The van der Waals surface area contributed by atoms with Crippen molar-refractivity contribution in [1.29, 1.82) is 0 Å². The number of hydrogen-bond acceptors (Lipinski definition) is 3. The summed E-state index contributed by atoms with van der Waals surface area (Å²) in [5, 5.41) is 11.8. The number of nitrogens with two attached hydrogens (primary N) is 1. The molecule has 1 atom stereocenters. The van der Waals surface area contributed by atoms with Gasteiger partial charge in [0.05, 0.1) is 5.25 Å². The predicted molar refractivity (Wildman–Crippen MR) is 70.0 cm³/mol. The molecule has 3 N–H and O–H groups in total. The lowest BCUT2D eigenvalue weighted by Gasteiger charge is -2.13. The zero-order valence-corrected chi connectivity index (χ0v) is 10.5. The molecule has 0 saturated carbocycles. The van der Waals surface area contributed by atoms with E-state index >= 15 is 0 Å². The van der Waals surface area contributed by atoms with Crippen LogP contribution in [0.3, 0.4) is 0 Å². The molecule has 16 heavy (non-hydrogen) atoms. The molecule has 0 amide bonds. The van der Waals surface area contributed by atoms with Crippen molar-refractivity contribution in [1.82, 2.24) is 0 Å². The second kappa shape index (κ2) is 6.43. The highest BCUT2D eigenvalue weighted by Gasteiger charge is 2.12. The van der Waals surface area contributed by atoms with Crippen LogP contribution in [0.1, 0.15) is 24.5 Å². The van der Waals surface area contributed by atoms with Crippen LogP contribution in [0.5, 0.6) is 0 Å². The summed E-state index contributed by atoms with van der Waals surface area (Å²) in [5.74, 6) is 1.20. The molecule has 0 heterocycles. The lowest BCUT2D eigenvalue weighted by Crippen LogP contribution is -2.25. The summed E-state index contributed by atoms with van der Waals surface area (Å²) in [6.07, 6.45) is 0.868. The number of rotatable bonds is 5. The number of hydrogen-bond donors (Lipinski definition) is 2. The summed E-state index contributed by atoms with van der Waals surface area (Å²) in [5.41, 5.74) is 8.19. The number of nitrogens with zero attached hydrogens (tertiary/aromatic N) is 1. The topological polar surface area (TPSA) is 58.6 Å². The predicted octanol–water partition coefficient (Wildman–Crippen LogP) is 2.75. The molecule has 0 aromatic heterocycles. The van der Waals surface area contributed by atoms with Crippen molar-refractivity contribution in [3.63, 3.8) is 0 Å². The minimum atomic E-state index is 0.0876. The van der Waals surface area contributed by atoms with Crippen LogP contribution in [-0.2, 0) is 5.75 Å². The Kier molecular flexibility index (Phi) is 5.19. The van der Waals surface area contributed by atoms with Crippen molar-refractivity contribution in [3.8, 4) is 0 Å². The SMILES string of the molecule is CCC(SCc1ccccc1C)C(N)=NO. The summed E-state index contributed by atoms with van der Waals surface area (Å²) in [4.78, 5) is 0. The normalized spacial score (nSPS) is 13.8. The van der Waals surface area contributed by atoms with Gasteiger partial charge in [-0.25, -0.2) is 0 Å². The Morgan fingerprint density at radius 1 is 1.50 bits per heavy atom. The Balaban J connectivity index is 2.60. The Bertz CT molecular complexity index is 366. The van der Waals surface area contributed by atoms with Gasteiger partial charge in [-0.15, -0.1) is 11.8 Å². The summed E-state index contributed by atoms with van der Waals surface area (Å²) in [7, 11) is 0. The molecule has 0 spiro atoms. The van der Waals surface area contributed by atoms with Crippen molar-refractivity contribution in [2.24, 2.45) is 10.9 Å². The maximum absolute atomic E-state index is 8.64. The summed E-state index contributed by atoms with van der Waals surface area (Å²) in [6, 6.07) is 8.28. The van der Waals surface area contributed by atoms with Crippen LogP contribution in [0.15, 0.2) is 29.4 Å². The van der Waals surface area contributed by atoms with Crippen molar-refractivity contribution < 1.29 is 5.21 Å². The molecule has 3 nitrogen and oxygen atoms in total. The molecule has 0 bridgehead atoms. The van der Waals surface area contributed by atoms with E-state index in [1.54, 1.807) is 11.8 Å². The van der Waals surface area contributed by atoms with Gasteiger partial charge in [0.15, 0.2) is 5.84 Å². The molecule has 1 aromatic rings. The third-order valence-electron chi connectivity index (χ3n) is 2.52. The first-order valence-corrected chi connectivity index (χ1v) is 6.37. The Morgan fingerprint density at radius 3 is 2.75 bits per heavy atom. The van der Waals surface area contributed by atoms with Crippen molar-refractivity contribution in [3.05, 3.63) is 35.4 Å². The molecular weight excluding hydrogens is 220 g/mol. The van der Waals surface area contributed by atoms with Gasteiger partial charge in [0.1, 0.15) is 0 Å². The first-order valence-electron chi connectivity index (χ1n) is 5.32. The van der Waals surface area contributed by atoms with E-state index in [1.165, 1.54) is 11.1 Å².